The van der Waals surface area contributed by atoms with Crippen LogP contribution in [-0.2, 0) is 21.7 Å². The molecule has 0 atom stereocenters. The maximum absolute atomic E-state index is 3.97. The third-order valence-electron chi connectivity index (χ3n) is 15.9. The van der Waals surface area contributed by atoms with Gasteiger partial charge in [0.25, 0.3) is 0 Å². The lowest BCUT2D eigenvalue weighted by molar-refractivity contribution is 0.568. The molecule has 0 unspecified atom stereocenters. The lowest BCUT2D eigenvalue weighted by Crippen LogP contribution is -2.16. The van der Waals surface area contributed by atoms with Crippen LogP contribution in [0.5, 0.6) is 0 Å². The van der Waals surface area contributed by atoms with Crippen molar-refractivity contribution in [1.29, 1.82) is 0 Å². The van der Waals surface area contributed by atoms with Crippen molar-refractivity contribution in [3.05, 3.63) is 153 Å². The van der Waals surface area contributed by atoms with Crippen molar-refractivity contribution in [2.45, 2.75) is 144 Å². The SMILES string of the molecule is CC(C)c1cc2c3cccc4c(Br)ccc(c5c(C(C)C)cc6c(c1-c1cc7c(-c8cc(C(C)(C)C)cc(C(C)(C)C)c8)c8ccccc8c(-c8cc(C(C)(C)C)cc(C(C)(C)C)c8)c7cc1-6)c25)c43. The fourth-order valence-corrected chi connectivity index (χ4v) is 12.4. The Balaban J connectivity index is 1.38. The van der Waals surface area contributed by atoms with Gasteiger partial charge >= 0.3 is 0 Å². The first kappa shape index (κ1) is 45.9. The molecule has 0 heterocycles. The van der Waals surface area contributed by atoms with E-state index in [4.69, 9.17) is 0 Å². The van der Waals surface area contributed by atoms with Gasteiger partial charge in [0.2, 0.25) is 0 Å². The van der Waals surface area contributed by atoms with E-state index in [1.54, 1.807) is 0 Å². The molecule has 0 amide bonds. The predicted molar refractivity (Wildman–Crippen MR) is 309 cm³/mol. The number of hydrogen-bond donors (Lipinski definition) is 0. The summed E-state index contributed by atoms with van der Waals surface area (Å²) in [5.74, 6) is 0.635. The lowest BCUT2D eigenvalue weighted by atomic mass is 9.76. The van der Waals surface area contributed by atoms with Crippen LogP contribution in [0, 0.1) is 0 Å². The average Bonchev–Trinajstić information content (AvgIpc) is 3.59. The van der Waals surface area contributed by atoms with Gasteiger partial charge in [-0.1, -0.05) is 212 Å². The molecule has 10 aromatic rings. The van der Waals surface area contributed by atoms with Crippen LogP contribution in [0.1, 0.15) is 156 Å². The van der Waals surface area contributed by atoms with Gasteiger partial charge in [-0.05, 0) is 206 Å². The summed E-state index contributed by atoms with van der Waals surface area (Å²) in [6, 6.07) is 46.4. The van der Waals surface area contributed by atoms with E-state index in [1.807, 2.05) is 0 Å². The van der Waals surface area contributed by atoms with Crippen LogP contribution in [0.15, 0.2) is 120 Å². The van der Waals surface area contributed by atoms with Gasteiger partial charge in [-0.25, -0.2) is 0 Å². The van der Waals surface area contributed by atoms with Crippen molar-refractivity contribution < 1.29 is 0 Å². The topological polar surface area (TPSA) is 0 Å². The van der Waals surface area contributed by atoms with E-state index in [-0.39, 0.29) is 21.7 Å². The number of rotatable bonds is 4. The molecular weight excluding hydrogens is 897 g/mol. The molecule has 69 heavy (non-hydrogen) atoms. The Morgan fingerprint density at radius 1 is 0.319 bits per heavy atom. The van der Waals surface area contributed by atoms with Crippen LogP contribution in [0.2, 0.25) is 0 Å². The van der Waals surface area contributed by atoms with Gasteiger partial charge < -0.3 is 0 Å². The minimum Gasteiger partial charge on any atom is -0.0616 e. The maximum atomic E-state index is 3.97. The molecule has 11 rings (SSSR count). The maximum Gasteiger partial charge on any atom is 0.0254 e. The smallest absolute Gasteiger partial charge is 0.0254 e. The lowest BCUT2D eigenvalue weighted by Gasteiger charge is -2.28. The van der Waals surface area contributed by atoms with Gasteiger partial charge in [-0.15, -0.1) is 0 Å². The van der Waals surface area contributed by atoms with Gasteiger partial charge in [0.1, 0.15) is 0 Å². The molecule has 0 bridgehead atoms. The zero-order chi connectivity index (χ0) is 49.2. The molecule has 10 aromatic carbocycles. The van der Waals surface area contributed by atoms with Gasteiger partial charge in [-0.2, -0.15) is 0 Å². The molecule has 0 aromatic heterocycles. The van der Waals surface area contributed by atoms with Crippen LogP contribution < -0.4 is 0 Å². The minimum atomic E-state index is -0.0312. The number of halogens is 1. The summed E-state index contributed by atoms with van der Waals surface area (Å²) >= 11 is 3.97. The summed E-state index contributed by atoms with van der Waals surface area (Å²) in [5.41, 5.74) is 19.0. The van der Waals surface area contributed by atoms with Crippen LogP contribution in [0.25, 0.3) is 109 Å². The van der Waals surface area contributed by atoms with Crippen LogP contribution >= 0.6 is 15.9 Å². The van der Waals surface area contributed by atoms with E-state index in [2.05, 4.69) is 242 Å². The Labute approximate surface area is 420 Å². The van der Waals surface area contributed by atoms with Crippen LogP contribution in [0.3, 0.4) is 0 Å². The number of benzene rings is 10. The summed E-state index contributed by atoms with van der Waals surface area (Å²) in [5, 5.41) is 16.2. The summed E-state index contributed by atoms with van der Waals surface area (Å²) < 4.78 is 1.15. The second-order valence-electron chi connectivity index (χ2n) is 25.5. The molecule has 0 nitrogen and oxygen atoms in total. The highest BCUT2D eigenvalue weighted by molar-refractivity contribution is 9.10. The normalized spacial score (nSPS) is 13.6. The van der Waals surface area contributed by atoms with E-state index in [9.17, 15) is 0 Å². The second-order valence-corrected chi connectivity index (χ2v) is 26.4. The van der Waals surface area contributed by atoms with Crippen molar-refractivity contribution in [3.8, 4) is 44.5 Å². The molecule has 0 saturated carbocycles. The second kappa shape index (κ2) is 15.3. The van der Waals surface area contributed by atoms with E-state index in [0.29, 0.717) is 11.8 Å². The Kier molecular flexibility index (Phi) is 10.1. The van der Waals surface area contributed by atoms with Gasteiger partial charge in [0.15, 0.2) is 0 Å². The fraction of sp³-hybridized carbons (Fsp3) is 0.324. The average molecular weight is 966 g/mol. The quantitative estimate of drug-likeness (QED) is 0.122. The summed E-state index contributed by atoms with van der Waals surface area (Å²) in [4.78, 5) is 0. The standard InChI is InChI=1S/C68H69Br/c1-36(2)49-33-54-51-34-55-56(35-53(51)62-50(37(3)4)32-52-46-22-19-23-47-57(69)25-24-48(60(46)47)61(49)63(52)64(54)62)59(39-28-42(67(11,12)13)31-43(29-39)68(14,15)16)45-21-18-17-20-44(45)58(55)38-26-40(65(5,6)7)30-41(27-38)66(8,9)10/h17-37H,1-16H3. The Bertz CT molecular complexity index is 3740. The predicted octanol–water partition coefficient (Wildman–Crippen LogP) is 21.2. The zero-order valence-electron chi connectivity index (χ0n) is 44.0. The van der Waals surface area contributed by atoms with Gasteiger partial charge in [0, 0.05) is 4.47 Å². The van der Waals surface area contributed by atoms with Crippen molar-refractivity contribution in [1.82, 2.24) is 0 Å². The summed E-state index contributed by atoms with van der Waals surface area (Å²) in [6.45, 7) is 38.0. The molecule has 1 aliphatic rings. The van der Waals surface area contributed by atoms with Crippen LogP contribution in [-0.4, -0.2) is 0 Å². The molecule has 0 N–H and O–H groups in total. The molecule has 348 valence electrons. The third-order valence-corrected chi connectivity index (χ3v) is 16.6. The Hall–Kier alpha value is -5.50. The fourth-order valence-electron chi connectivity index (χ4n) is 11.9. The first-order valence-corrected chi connectivity index (χ1v) is 26.4. The van der Waals surface area contributed by atoms with Gasteiger partial charge in [0.05, 0.1) is 0 Å². The molecule has 0 fully saturated rings. The van der Waals surface area contributed by atoms with Crippen molar-refractivity contribution in [3.63, 3.8) is 0 Å². The number of hydrogen-bond acceptors (Lipinski definition) is 0. The molecule has 0 saturated heterocycles. The Morgan fingerprint density at radius 2 is 0.783 bits per heavy atom. The van der Waals surface area contributed by atoms with E-state index >= 15 is 0 Å². The van der Waals surface area contributed by atoms with Gasteiger partial charge in [-0.3, -0.25) is 0 Å². The third kappa shape index (κ3) is 7.02. The molecule has 0 spiro atoms. The van der Waals surface area contributed by atoms with Crippen molar-refractivity contribution in [2.75, 3.05) is 0 Å². The number of fused-ring (bicyclic) bond motifs is 7. The van der Waals surface area contributed by atoms with Crippen LogP contribution in [0.4, 0.5) is 0 Å². The first-order valence-electron chi connectivity index (χ1n) is 25.6. The van der Waals surface area contributed by atoms with E-state index in [0.717, 1.165) is 4.47 Å². The first-order chi connectivity index (χ1) is 32.3. The molecule has 1 heteroatoms. The summed E-state index contributed by atoms with van der Waals surface area (Å²) in [7, 11) is 0. The largest absolute Gasteiger partial charge is 0.0616 e. The molecular formula is C68H69Br. The minimum absolute atomic E-state index is 0.0310. The van der Waals surface area contributed by atoms with E-state index < -0.39 is 0 Å². The highest BCUT2D eigenvalue weighted by atomic mass is 79.9. The molecule has 0 aliphatic heterocycles. The van der Waals surface area contributed by atoms with Crippen molar-refractivity contribution >= 4 is 80.6 Å². The van der Waals surface area contributed by atoms with E-state index in [1.165, 1.54) is 143 Å². The Morgan fingerprint density at radius 3 is 1.26 bits per heavy atom. The molecule has 1 aliphatic carbocycles. The summed E-state index contributed by atoms with van der Waals surface area (Å²) in [6.07, 6.45) is 0. The zero-order valence-corrected chi connectivity index (χ0v) is 45.6. The highest BCUT2D eigenvalue weighted by Gasteiger charge is 2.33. The van der Waals surface area contributed by atoms with Crippen molar-refractivity contribution in [2.24, 2.45) is 0 Å². The molecule has 0 radical (unpaired) electrons. The highest BCUT2D eigenvalue weighted by Crippen LogP contribution is 2.59. The monoisotopic (exact) mass is 964 g/mol.